The van der Waals surface area contributed by atoms with Crippen LogP contribution in [0.5, 0.6) is 0 Å². The summed E-state index contributed by atoms with van der Waals surface area (Å²) in [5.74, 6) is 0. The molecule has 0 N–H and O–H groups in total. The van der Waals surface area contributed by atoms with Gasteiger partial charge in [-0.25, -0.2) is 4.39 Å². The van der Waals surface area contributed by atoms with E-state index in [1.807, 2.05) is 0 Å². The summed E-state index contributed by atoms with van der Waals surface area (Å²) in [6, 6.07) is 0. The van der Waals surface area contributed by atoms with Crippen molar-refractivity contribution in [3.05, 3.63) is 0 Å². The molecule has 0 rings (SSSR count). The Balaban J connectivity index is 3.35. The molecule has 5 heteroatoms. The molecule has 0 spiro atoms. The highest BCUT2D eigenvalue weighted by molar-refractivity contribution is 7.87. The van der Waals surface area contributed by atoms with Gasteiger partial charge in [-0.05, 0) is 19.3 Å². The molecule has 0 amide bonds. The van der Waals surface area contributed by atoms with Gasteiger partial charge in [-0.15, -0.1) is 0 Å². The molecule has 1 unspecified atom stereocenters. The summed E-state index contributed by atoms with van der Waals surface area (Å²) in [6.45, 7) is 4.61. The summed E-state index contributed by atoms with van der Waals surface area (Å²) < 4.78 is 43.0. The largest absolute Gasteiger partial charge is 0.299 e. The molecule has 38 heavy (non-hydrogen) atoms. The Labute approximate surface area is 239 Å². The van der Waals surface area contributed by atoms with Crippen molar-refractivity contribution in [1.82, 2.24) is 0 Å². The SMILES string of the molecule is CCCCCCCCCCCCCCCCCCCCCCOS(=O)(=O)C(F)CCCCCCCCCC. The molecule has 0 aromatic heterocycles. The van der Waals surface area contributed by atoms with Crippen LogP contribution in [0.25, 0.3) is 0 Å². The average molecular weight is 563 g/mol. The molecule has 0 aliphatic heterocycles. The maximum Gasteiger partial charge on any atom is 0.299 e. The van der Waals surface area contributed by atoms with Crippen molar-refractivity contribution < 1.29 is 17.0 Å². The lowest BCUT2D eigenvalue weighted by Gasteiger charge is -2.10. The second-order valence-electron chi connectivity index (χ2n) is 11.7. The fourth-order valence-corrected chi connectivity index (χ4v) is 6.14. The number of unbranched alkanes of at least 4 members (excludes halogenated alkanes) is 26. The predicted molar refractivity (Wildman–Crippen MR) is 165 cm³/mol. The Kier molecular flexibility index (Phi) is 29.7. The van der Waals surface area contributed by atoms with E-state index in [4.69, 9.17) is 4.18 Å². The van der Waals surface area contributed by atoms with Crippen LogP contribution in [-0.2, 0) is 14.3 Å². The van der Waals surface area contributed by atoms with Crippen molar-refractivity contribution in [1.29, 1.82) is 0 Å². The van der Waals surface area contributed by atoms with E-state index >= 15 is 0 Å². The standard InChI is InChI=1S/C33H67FO3S/c1-3-5-7-9-11-13-14-15-16-17-18-19-20-21-22-23-24-26-28-30-32-37-38(35,36)33(34)31-29-27-25-12-10-8-6-4-2/h33H,3-32H2,1-2H3. The Morgan fingerprint density at radius 2 is 0.711 bits per heavy atom. The Hall–Kier alpha value is -0.160. The first-order valence-corrected chi connectivity index (χ1v) is 18.5. The van der Waals surface area contributed by atoms with E-state index in [1.54, 1.807) is 0 Å². The third kappa shape index (κ3) is 27.4. The third-order valence-electron chi connectivity index (χ3n) is 7.84. The smallest absolute Gasteiger partial charge is 0.268 e. The minimum atomic E-state index is -4.06. The van der Waals surface area contributed by atoms with Gasteiger partial charge < -0.3 is 0 Å². The zero-order valence-corrected chi connectivity index (χ0v) is 26.6. The van der Waals surface area contributed by atoms with Crippen LogP contribution in [0.2, 0.25) is 0 Å². The summed E-state index contributed by atoms with van der Waals surface area (Å²) in [5, 5.41) is 0. The summed E-state index contributed by atoms with van der Waals surface area (Å²) in [6.07, 6.45) is 35.1. The molecule has 0 saturated heterocycles. The van der Waals surface area contributed by atoms with Crippen molar-refractivity contribution in [2.75, 3.05) is 6.61 Å². The van der Waals surface area contributed by atoms with E-state index in [0.29, 0.717) is 12.8 Å². The lowest BCUT2D eigenvalue weighted by Crippen LogP contribution is -2.19. The van der Waals surface area contributed by atoms with Crippen LogP contribution in [0.15, 0.2) is 0 Å². The topological polar surface area (TPSA) is 43.4 Å². The monoisotopic (exact) mass is 562 g/mol. The van der Waals surface area contributed by atoms with Gasteiger partial charge in [-0.3, -0.25) is 4.18 Å². The highest BCUT2D eigenvalue weighted by atomic mass is 32.2. The number of rotatable bonds is 32. The van der Waals surface area contributed by atoms with Crippen LogP contribution in [0.4, 0.5) is 4.39 Å². The predicted octanol–water partition coefficient (Wildman–Crippen LogP) is 12.0. The molecule has 1 atom stereocenters. The van der Waals surface area contributed by atoms with E-state index in [1.165, 1.54) is 141 Å². The number of alkyl halides is 1. The third-order valence-corrected chi connectivity index (χ3v) is 9.20. The summed E-state index contributed by atoms with van der Waals surface area (Å²) in [5.41, 5.74) is -1.87. The molecular weight excluding hydrogens is 495 g/mol. The first-order chi connectivity index (χ1) is 18.5. The highest BCUT2D eigenvalue weighted by Gasteiger charge is 2.25. The molecule has 0 aromatic carbocycles. The van der Waals surface area contributed by atoms with Crippen molar-refractivity contribution >= 4 is 10.1 Å². The molecule has 0 heterocycles. The van der Waals surface area contributed by atoms with Crippen molar-refractivity contribution in [2.45, 2.75) is 206 Å². The first kappa shape index (κ1) is 37.8. The van der Waals surface area contributed by atoms with Gasteiger partial charge in [0, 0.05) is 0 Å². The quantitative estimate of drug-likeness (QED) is 0.0605. The molecule has 0 aliphatic rings. The Morgan fingerprint density at radius 1 is 0.447 bits per heavy atom. The normalized spacial score (nSPS) is 12.8. The van der Waals surface area contributed by atoms with Crippen LogP contribution in [0.1, 0.15) is 200 Å². The van der Waals surface area contributed by atoms with Gasteiger partial charge in [0.15, 0.2) is 0 Å². The Morgan fingerprint density at radius 3 is 1.03 bits per heavy atom. The van der Waals surface area contributed by atoms with E-state index in [2.05, 4.69) is 13.8 Å². The summed E-state index contributed by atoms with van der Waals surface area (Å²) in [4.78, 5) is 0. The van der Waals surface area contributed by atoms with Gasteiger partial charge in [0.25, 0.3) is 10.1 Å². The van der Waals surface area contributed by atoms with Gasteiger partial charge in [0.05, 0.1) is 6.61 Å². The number of hydrogen-bond acceptors (Lipinski definition) is 3. The molecule has 0 aliphatic carbocycles. The van der Waals surface area contributed by atoms with Crippen molar-refractivity contribution in [2.24, 2.45) is 0 Å². The highest BCUT2D eigenvalue weighted by Crippen LogP contribution is 2.18. The Bertz CT molecular complexity index is 552. The second-order valence-corrected chi connectivity index (χ2v) is 13.4. The summed E-state index contributed by atoms with van der Waals surface area (Å²) >= 11 is 0. The minimum absolute atomic E-state index is 0.0660. The molecule has 230 valence electrons. The lowest BCUT2D eigenvalue weighted by atomic mass is 10.0. The van der Waals surface area contributed by atoms with Gasteiger partial charge >= 0.3 is 0 Å². The van der Waals surface area contributed by atoms with Crippen LogP contribution in [-0.4, -0.2) is 20.5 Å². The molecule has 0 bridgehead atoms. The van der Waals surface area contributed by atoms with Gasteiger partial charge in [-0.2, -0.15) is 8.42 Å². The van der Waals surface area contributed by atoms with E-state index in [-0.39, 0.29) is 13.0 Å². The number of hydrogen-bond donors (Lipinski definition) is 0. The fraction of sp³-hybridized carbons (Fsp3) is 1.00. The minimum Gasteiger partial charge on any atom is -0.268 e. The zero-order chi connectivity index (χ0) is 28.0. The van der Waals surface area contributed by atoms with E-state index < -0.39 is 15.6 Å². The molecule has 0 saturated carbocycles. The summed E-state index contributed by atoms with van der Waals surface area (Å²) in [7, 11) is -4.06. The first-order valence-electron chi connectivity index (χ1n) is 17.1. The average Bonchev–Trinajstić information content (AvgIpc) is 2.90. The molecular formula is C33H67FO3S. The van der Waals surface area contributed by atoms with Crippen LogP contribution in [0.3, 0.4) is 0 Å². The van der Waals surface area contributed by atoms with Gasteiger partial charge in [0.1, 0.15) is 0 Å². The van der Waals surface area contributed by atoms with Gasteiger partial charge in [0.2, 0.25) is 5.50 Å². The fourth-order valence-electron chi connectivity index (χ4n) is 5.19. The number of halogens is 1. The van der Waals surface area contributed by atoms with Gasteiger partial charge in [-0.1, -0.05) is 181 Å². The second kappa shape index (κ2) is 29.8. The van der Waals surface area contributed by atoms with Crippen molar-refractivity contribution in [3.8, 4) is 0 Å². The maximum absolute atomic E-state index is 14.1. The maximum atomic E-state index is 14.1. The molecule has 0 fully saturated rings. The molecule has 0 radical (unpaired) electrons. The lowest BCUT2D eigenvalue weighted by molar-refractivity contribution is 0.270. The molecule has 3 nitrogen and oxygen atoms in total. The van der Waals surface area contributed by atoms with Crippen LogP contribution in [0, 0.1) is 0 Å². The van der Waals surface area contributed by atoms with Crippen molar-refractivity contribution in [3.63, 3.8) is 0 Å². The van der Waals surface area contributed by atoms with E-state index in [9.17, 15) is 12.8 Å². The van der Waals surface area contributed by atoms with Crippen LogP contribution >= 0.6 is 0 Å². The van der Waals surface area contributed by atoms with Crippen LogP contribution < -0.4 is 0 Å². The zero-order valence-electron chi connectivity index (χ0n) is 25.8. The molecule has 0 aromatic rings. The van der Waals surface area contributed by atoms with E-state index in [0.717, 1.165) is 25.7 Å².